The van der Waals surface area contributed by atoms with Crippen molar-refractivity contribution in [3.63, 3.8) is 0 Å². The smallest absolute Gasteiger partial charge is 0.220 e. The van der Waals surface area contributed by atoms with Crippen LogP contribution < -0.4 is 10.5 Å². The van der Waals surface area contributed by atoms with Crippen molar-refractivity contribution >= 4 is 5.96 Å². The molecule has 0 bridgehead atoms. The van der Waals surface area contributed by atoms with Gasteiger partial charge in [-0.2, -0.15) is 4.39 Å². The zero-order valence-electron chi connectivity index (χ0n) is 19.6. The topological polar surface area (TPSA) is 78.3 Å². The van der Waals surface area contributed by atoms with Gasteiger partial charge in [0.1, 0.15) is 5.75 Å². The van der Waals surface area contributed by atoms with Gasteiger partial charge >= 0.3 is 0 Å². The normalized spacial score (nSPS) is 17.1. The molecule has 0 fully saturated rings. The molecule has 2 aliphatic rings. The van der Waals surface area contributed by atoms with Crippen molar-refractivity contribution in [3.8, 4) is 33.8 Å². The van der Waals surface area contributed by atoms with E-state index in [1.165, 1.54) is 12.3 Å². The summed E-state index contributed by atoms with van der Waals surface area (Å²) in [6.45, 7) is 2.00. The van der Waals surface area contributed by atoms with Gasteiger partial charge in [0.2, 0.25) is 11.9 Å². The van der Waals surface area contributed by atoms with Gasteiger partial charge in [-0.1, -0.05) is 35.9 Å². The molecule has 37 heavy (non-hydrogen) atoms. The number of halogens is 2. The maximum Gasteiger partial charge on any atom is 0.220 e. The predicted octanol–water partition coefficient (Wildman–Crippen LogP) is 5.77. The van der Waals surface area contributed by atoms with E-state index in [-0.39, 0.29) is 11.7 Å². The largest absolute Gasteiger partial charge is 0.453 e. The maximum absolute atomic E-state index is 15.7. The van der Waals surface area contributed by atoms with Gasteiger partial charge in [0.05, 0.1) is 0 Å². The maximum atomic E-state index is 15.7. The number of aliphatic imine (C=N–C) groups is 1. The molecule has 0 saturated heterocycles. The number of hydrogen-bond acceptors (Lipinski definition) is 5. The first-order valence-corrected chi connectivity index (χ1v) is 11.7. The quantitative estimate of drug-likeness (QED) is 0.318. The highest BCUT2D eigenvalue weighted by atomic mass is 19.1. The summed E-state index contributed by atoms with van der Waals surface area (Å²) in [5.41, 5.74) is 9.60. The van der Waals surface area contributed by atoms with Crippen molar-refractivity contribution in [1.82, 2.24) is 14.5 Å². The molecule has 3 aromatic carbocycles. The van der Waals surface area contributed by atoms with Crippen LogP contribution in [0.1, 0.15) is 22.5 Å². The van der Waals surface area contributed by atoms with Crippen molar-refractivity contribution in [2.75, 3.05) is 0 Å². The van der Waals surface area contributed by atoms with Crippen LogP contribution in [0.15, 0.2) is 90.3 Å². The highest BCUT2D eigenvalue weighted by Gasteiger charge is 2.51. The van der Waals surface area contributed by atoms with Gasteiger partial charge in [-0.15, -0.1) is 0 Å². The van der Waals surface area contributed by atoms with Crippen LogP contribution in [-0.4, -0.2) is 20.5 Å². The minimum atomic E-state index is -1.30. The van der Waals surface area contributed by atoms with Crippen molar-refractivity contribution in [2.45, 2.75) is 12.5 Å². The van der Waals surface area contributed by atoms with Crippen LogP contribution in [0.4, 0.5) is 8.78 Å². The average molecular weight is 492 g/mol. The highest BCUT2D eigenvalue weighted by Crippen LogP contribution is 2.55. The molecular weight excluding hydrogens is 472 g/mol. The number of rotatable bonds is 2. The minimum Gasteiger partial charge on any atom is -0.453 e. The number of hydrogen-bond donors (Lipinski definition) is 1. The van der Waals surface area contributed by atoms with E-state index in [1.807, 2.05) is 37.3 Å². The second kappa shape index (κ2) is 7.57. The number of aryl methyl sites for hydroxylation is 1. The molecule has 180 valence electrons. The first-order valence-electron chi connectivity index (χ1n) is 11.7. The van der Waals surface area contributed by atoms with Crippen LogP contribution >= 0.6 is 0 Å². The molecule has 1 atom stereocenters. The SMILES string of the molecule is Cc1ccc(-c2cc(F)c3c(c2)[C@@]2(N=C(N)n4ccnc42)c2cc(-c4cccnc4F)ccc2O3)cc1. The van der Waals surface area contributed by atoms with Crippen LogP contribution in [0.25, 0.3) is 22.3 Å². The molecule has 0 saturated carbocycles. The number of pyridine rings is 1. The lowest BCUT2D eigenvalue weighted by molar-refractivity contribution is 0.392. The van der Waals surface area contributed by atoms with Gasteiger partial charge in [0, 0.05) is 35.3 Å². The third-order valence-corrected chi connectivity index (χ3v) is 6.96. The molecule has 2 N–H and O–H groups in total. The summed E-state index contributed by atoms with van der Waals surface area (Å²) in [5, 5.41) is 0. The van der Waals surface area contributed by atoms with E-state index in [0.29, 0.717) is 39.4 Å². The van der Waals surface area contributed by atoms with E-state index in [0.717, 1.165) is 11.1 Å². The Labute approximate surface area is 210 Å². The zero-order valence-corrected chi connectivity index (χ0v) is 19.6. The molecule has 8 heteroatoms. The van der Waals surface area contributed by atoms with E-state index < -0.39 is 17.3 Å². The molecule has 0 unspecified atom stereocenters. The van der Waals surface area contributed by atoms with E-state index in [4.69, 9.17) is 15.5 Å². The number of aromatic nitrogens is 3. The Morgan fingerprint density at radius 2 is 1.65 bits per heavy atom. The molecule has 5 aromatic rings. The molecular formula is C29H19F2N5O. The van der Waals surface area contributed by atoms with Crippen LogP contribution in [0.3, 0.4) is 0 Å². The lowest BCUT2D eigenvalue weighted by Crippen LogP contribution is -2.31. The van der Waals surface area contributed by atoms with Gasteiger partial charge in [-0.25, -0.2) is 19.4 Å². The fraction of sp³-hybridized carbons (Fsp3) is 0.0690. The fourth-order valence-electron chi connectivity index (χ4n) is 5.20. The summed E-state index contributed by atoms with van der Waals surface area (Å²) in [5.74, 6) is 0.0224. The van der Waals surface area contributed by atoms with Crippen molar-refractivity contribution < 1.29 is 13.5 Å². The third kappa shape index (κ3) is 2.99. The Morgan fingerprint density at radius 1 is 0.865 bits per heavy atom. The van der Waals surface area contributed by atoms with Crippen molar-refractivity contribution in [3.05, 3.63) is 120 Å². The van der Waals surface area contributed by atoms with E-state index >= 15 is 4.39 Å². The van der Waals surface area contributed by atoms with Crippen molar-refractivity contribution in [1.29, 1.82) is 0 Å². The van der Waals surface area contributed by atoms with Crippen LogP contribution in [0.2, 0.25) is 0 Å². The second-order valence-electron chi connectivity index (χ2n) is 9.16. The number of benzene rings is 3. The Kier molecular flexibility index (Phi) is 4.39. The Morgan fingerprint density at radius 3 is 2.46 bits per heavy atom. The number of fused-ring (bicyclic) bond motifs is 6. The van der Waals surface area contributed by atoms with E-state index in [1.54, 1.807) is 47.3 Å². The summed E-state index contributed by atoms with van der Waals surface area (Å²) in [4.78, 5) is 13.2. The van der Waals surface area contributed by atoms with Crippen LogP contribution in [-0.2, 0) is 5.54 Å². The predicted molar refractivity (Wildman–Crippen MR) is 135 cm³/mol. The Balaban J connectivity index is 1.53. The summed E-state index contributed by atoms with van der Waals surface area (Å²) < 4.78 is 38.2. The molecule has 0 radical (unpaired) electrons. The molecule has 2 aromatic heterocycles. The highest BCUT2D eigenvalue weighted by molar-refractivity contribution is 5.88. The average Bonchev–Trinajstić information content (AvgIpc) is 3.49. The number of nitrogens with zero attached hydrogens (tertiary/aromatic N) is 4. The molecule has 0 aliphatic carbocycles. The van der Waals surface area contributed by atoms with Gasteiger partial charge in [-0.3, -0.25) is 4.57 Å². The standard InChI is InChI=1S/C29H19F2N5O/c1-16-4-6-17(7-5-16)19-14-22-25(23(30)15-19)37-24-9-8-18(20-3-2-10-33-26(20)31)13-21(24)29(22)27-34-11-12-36(27)28(32)35-29/h2-15H,1H3,(H2,32,35)/t29-/m0/s1. The minimum absolute atomic E-state index is 0.0525. The third-order valence-electron chi connectivity index (χ3n) is 6.96. The lowest BCUT2D eigenvalue weighted by atomic mass is 9.78. The molecule has 1 spiro atoms. The van der Waals surface area contributed by atoms with Gasteiger partial charge in [0.25, 0.3) is 0 Å². The molecule has 6 nitrogen and oxygen atoms in total. The number of imidazole rings is 1. The lowest BCUT2D eigenvalue weighted by Gasteiger charge is -2.34. The molecule has 2 aliphatic heterocycles. The summed E-state index contributed by atoms with van der Waals surface area (Å²) in [6, 6.07) is 19.7. The fourth-order valence-corrected chi connectivity index (χ4v) is 5.20. The first-order chi connectivity index (χ1) is 18.0. The summed E-state index contributed by atoms with van der Waals surface area (Å²) in [7, 11) is 0. The number of ether oxygens (including phenoxy) is 1. The molecule has 4 heterocycles. The zero-order chi connectivity index (χ0) is 25.3. The van der Waals surface area contributed by atoms with Crippen LogP contribution in [0.5, 0.6) is 11.5 Å². The molecule has 0 amide bonds. The van der Waals surface area contributed by atoms with Crippen LogP contribution in [0, 0.1) is 18.7 Å². The number of nitrogens with two attached hydrogens (primary N) is 1. The Bertz CT molecular complexity index is 1760. The summed E-state index contributed by atoms with van der Waals surface area (Å²) >= 11 is 0. The van der Waals surface area contributed by atoms with Crippen molar-refractivity contribution in [2.24, 2.45) is 10.7 Å². The van der Waals surface area contributed by atoms with Gasteiger partial charge in [-0.05, 0) is 60.0 Å². The summed E-state index contributed by atoms with van der Waals surface area (Å²) in [6.07, 6.45) is 4.73. The van der Waals surface area contributed by atoms with E-state index in [2.05, 4.69) is 9.97 Å². The van der Waals surface area contributed by atoms with Gasteiger partial charge < -0.3 is 10.5 Å². The van der Waals surface area contributed by atoms with E-state index in [9.17, 15) is 4.39 Å². The first kappa shape index (κ1) is 21.4. The Hall–Kier alpha value is -4.85. The van der Waals surface area contributed by atoms with Gasteiger partial charge in [0.15, 0.2) is 22.9 Å². The monoisotopic (exact) mass is 491 g/mol. The molecule has 7 rings (SSSR count). The second-order valence-corrected chi connectivity index (χ2v) is 9.16.